The molecule has 1 aliphatic heterocycles. The zero-order valence-electron chi connectivity index (χ0n) is 10.6. The summed E-state index contributed by atoms with van der Waals surface area (Å²) in [5, 5.41) is 8.87. The Morgan fingerprint density at radius 1 is 1.32 bits per heavy atom. The molecule has 1 fully saturated rings. The molecule has 0 saturated heterocycles. The summed E-state index contributed by atoms with van der Waals surface area (Å²) in [5.74, 6) is 1.10. The van der Waals surface area contributed by atoms with E-state index in [1.165, 1.54) is 0 Å². The molecule has 3 atom stereocenters. The van der Waals surface area contributed by atoms with Crippen LogP contribution in [0.3, 0.4) is 0 Å². The monoisotopic (exact) mass is 284 g/mol. The first-order valence-electron chi connectivity index (χ1n) is 6.30. The minimum atomic E-state index is -3.13. The zero-order chi connectivity index (χ0) is 13.6. The van der Waals surface area contributed by atoms with Gasteiger partial charge in [-0.25, -0.2) is 8.42 Å². The largest absolute Gasteiger partial charge is 0.454 e. The highest BCUT2D eigenvalue weighted by Gasteiger charge is 2.57. The Hall–Kier alpha value is -1.27. The van der Waals surface area contributed by atoms with Crippen LogP contribution in [0.4, 0.5) is 0 Å². The molecule has 104 valence electrons. The summed E-state index contributed by atoms with van der Waals surface area (Å²) >= 11 is 0. The molecule has 19 heavy (non-hydrogen) atoms. The van der Waals surface area contributed by atoms with Gasteiger partial charge < -0.3 is 14.6 Å². The Bertz CT molecular complexity index is 595. The number of hydrogen-bond acceptors (Lipinski definition) is 5. The van der Waals surface area contributed by atoms with Crippen LogP contribution in [0.15, 0.2) is 18.2 Å². The molecular formula is C13H16O5S. The Labute approximate surface area is 112 Å². The van der Waals surface area contributed by atoms with E-state index in [4.69, 9.17) is 9.47 Å². The van der Waals surface area contributed by atoms with Gasteiger partial charge in [-0.15, -0.1) is 0 Å². The summed E-state index contributed by atoms with van der Waals surface area (Å²) in [6.07, 6.45) is 0. The van der Waals surface area contributed by atoms with Crippen molar-refractivity contribution in [2.24, 2.45) is 5.92 Å². The fourth-order valence-corrected chi connectivity index (χ4v) is 4.69. The predicted octanol–water partition coefficient (Wildman–Crippen LogP) is 0.924. The van der Waals surface area contributed by atoms with Crippen molar-refractivity contribution >= 4 is 9.84 Å². The molecule has 0 aromatic heterocycles. The summed E-state index contributed by atoms with van der Waals surface area (Å²) in [6.45, 7) is 1.73. The molecule has 5 nitrogen and oxygen atoms in total. The van der Waals surface area contributed by atoms with Crippen LogP contribution in [-0.2, 0) is 9.84 Å². The highest BCUT2D eigenvalue weighted by molar-refractivity contribution is 7.92. The molecule has 0 spiro atoms. The van der Waals surface area contributed by atoms with Gasteiger partial charge in [0.1, 0.15) is 0 Å². The second kappa shape index (κ2) is 4.38. The maximum Gasteiger partial charge on any atom is 0.231 e. The maximum atomic E-state index is 12.0. The molecular weight excluding hydrogens is 268 g/mol. The molecule has 0 amide bonds. The minimum Gasteiger partial charge on any atom is -0.454 e. The molecule has 1 aliphatic carbocycles. The van der Waals surface area contributed by atoms with E-state index < -0.39 is 15.1 Å². The van der Waals surface area contributed by atoms with Crippen LogP contribution in [0.1, 0.15) is 18.4 Å². The SMILES string of the molecule is CCS(=O)(=O)[C@@H]1[C@@H](CO)[C@H]1c1ccc2c(c1)OCO2. The normalized spacial score (nSPS) is 28.4. The van der Waals surface area contributed by atoms with Crippen molar-refractivity contribution in [3.63, 3.8) is 0 Å². The lowest BCUT2D eigenvalue weighted by Gasteiger charge is -2.02. The van der Waals surface area contributed by atoms with Gasteiger partial charge in [-0.05, 0) is 17.7 Å². The number of aliphatic hydroxyl groups excluding tert-OH is 1. The van der Waals surface area contributed by atoms with E-state index in [1.807, 2.05) is 12.1 Å². The van der Waals surface area contributed by atoms with Gasteiger partial charge in [0.15, 0.2) is 21.3 Å². The molecule has 1 N–H and O–H groups in total. The fourth-order valence-electron chi connectivity index (χ4n) is 2.80. The standard InChI is InChI=1S/C13H16O5S/c1-2-19(15,16)13-9(6-14)12(13)8-3-4-10-11(5-8)18-7-17-10/h3-5,9,12-14H,2,6-7H2,1H3/t9-,12+,13+/m0/s1. The van der Waals surface area contributed by atoms with Crippen LogP contribution in [0.25, 0.3) is 0 Å². The molecule has 0 bridgehead atoms. The first-order valence-corrected chi connectivity index (χ1v) is 8.02. The summed E-state index contributed by atoms with van der Waals surface area (Å²) < 4.78 is 34.5. The Morgan fingerprint density at radius 3 is 2.74 bits per heavy atom. The molecule has 0 radical (unpaired) electrons. The molecule has 1 aromatic carbocycles. The maximum absolute atomic E-state index is 12.0. The number of aliphatic hydroxyl groups is 1. The van der Waals surface area contributed by atoms with Crippen LogP contribution in [0, 0.1) is 5.92 Å². The molecule has 3 rings (SSSR count). The second-order valence-corrected chi connectivity index (χ2v) is 7.35. The number of ether oxygens (including phenoxy) is 2. The fraction of sp³-hybridized carbons (Fsp3) is 0.538. The molecule has 6 heteroatoms. The lowest BCUT2D eigenvalue weighted by Crippen LogP contribution is -2.13. The van der Waals surface area contributed by atoms with Crippen LogP contribution >= 0.6 is 0 Å². The third-order valence-electron chi connectivity index (χ3n) is 3.91. The highest BCUT2D eigenvalue weighted by Crippen LogP contribution is 2.53. The average molecular weight is 284 g/mol. The van der Waals surface area contributed by atoms with Crippen molar-refractivity contribution in [1.82, 2.24) is 0 Å². The minimum absolute atomic E-state index is 0.106. The first-order chi connectivity index (χ1) is 9.08. The third kappa shape index (κ3) is 1.99. The topological polar surface area (TPSA) is 72.8 Å². The van der Waals surface area contributed by atoms with E-state index in [9.17, 15) is 13.5 Å². The average Bonchev–Trinajstić information content (AvgIpc) is 2.99. The van der Waals surface area contributed by atoms with E-state index in [1.54, 1.807) is 13.0 Å². The third-order valence-corrected chi connectivity index (χ3v) is 6.18. The number of fused-ring (bicyclic) bond motifs is 1. The Morgan fingerprint density at radius 2 is 2.05 bits per heavy atom. The summed E-state index contributed by atoms with van der Waals surface area (Å²) in [7, 11) is -3.13. The van der Waals surface area contributed by atoms with Gasteiger partial charge >= 0.3 is 0 Å². The van der Waals surface area contributed by atoms with Crippen molar-refractivity contribution in [3.8, 4) is 11.5 Å². The second-order valence-electron chi connectivity index (χ2n) is 4.90. The van der Waals surface area contributed by atoms with Crippen LogP contribution in [-0.4, -0.2) is 37.9 Å². The van der Waals surface area contributed by atoms with Gasteiger partial charge in [0.25, 0.3) is 0 Å². The number of rotatable bonds is 4. The van der Waals surface area contributed by atoms with Crippen LogP contribution in [0.2, 0.25) is 0 Å². The van der Waals surface area contributed by atoms with Crippen molar-refractivity contribution in [2.45, 2.75) is 18.1 Å². The molecule has 1 saturated carbocycles. The van der Waals surface area contributed by atoms with Crippen molar-refractivity contribution in [3.05, 3.63) is 23.8 Å². The van der Waals surface area contributed by atoms with E-state index in [0.717, 1.165) is 5.56 Å². The quantitative estimate of drug-likeness (QED) is 0.890. The van der Waals surface area contributed by atoms with E-state index >= 15 is 0 Å². The van der Waals surface area contributed by atoms with E-state index in [-0.39, 0.29) is 31.0 Å². The molecule has 2 aliphatic rings. The van der Waals surface area contributed by atoms with E-state index in [2.05, 4.69) is 0 Å². The van der Waals surface area contributed by atoms with Gasteiger partial charge in [0.05, 0.1) is 5.25 Å². The number of hydrogen-bond donors (Lipinski definition) is 1. The van der Waals surface area contributed by atoms with Crippen molar-refractivity contribution in [1.29, 1.82) is 0 Å². The summed E-state index contributed by atoms with van der Waals surface area (Å²) in [5.41, 5.74) is 0.894. The van der Waals surface area contributed by atoms with Gasteiger partial charge in [0.2, 0.25) is 6.79 Å². The predicted molar refractivity (Wildman–Crippen MR) is 69.1 cm³/mol. The van der Waals surface area contributed by atoms with Crippen molar-refractivity contribution in [2.75, 3.05) is 19.2 Å². The lowest BCUT2D eigenvalue weighted by atomic mass is 10.1. The van der Waals surface area contributed by atoms with Crippen molar-refractivity contribution < 1.29 is 23.0 Å². The number of benzene rings is 1. The van der Waals surface area contributed by atoms with Gasteiger partial charge in [-0.1, -0.05) is 13.0 Å². The smallest absolute Gasteiger partial charge is 0.231 e. The molecule has 1 aromatic rings. The van der Waals surface area contributed by atoms with Crippen LogP contribution < -0.4 is 9.47 Å². The summed E-state index contributed by atoms with van der Waals surface area (Å²) in [6, 6.07) is 5.47. The van der Waals surface area contributed by atoms with Gasteiger partial charge in [-0.3, -0.25) is 0 Å². The van der Waals surface area contributed by atoms with Gasteiger partial charge in [0, 0.05) is 24.2 Å². The summed E-state index contributed by atoms with van der Waals surface area (Å²) in [4.78, 5) is 0. The van der Waals surface area contributed by atoms with Crippen LogP contribution in [0.5, 0.6) is 11.5 Å². The zero-order valence-corrected chi connectivity index (χ0v) is 11.4. The lowest BCUT2D eigenvalue weighted by molar-refractivity contribution is 0.174. The highest BCUT2D eigenvalue weighted by atomic mass is 32.2. The Kier molecular flexibility index (Phi) is 2.94. The first kappa shape index (κ1) is 12.7. The van der Waals surface area contributed by atoms with Gasteiger partial charge in [-0.2, -0.15) is 0 Å². The molecule has 1 heterocycles. The number of sulfone groups is 1. The molecule has 0 unspecified atom stereocenters. The van der Waals surface area contributed by atoms with E-state index in [0.29, 0.717) is 11.5 Å². The Balaban J connectivity index is 1.91.